The summed E-state index contributed by atoms with van der Waals surface area (Å²) in [4.78, 5) is 0. The summed E-state index contributed by atoms with van der Waals surface area (Å²) in [5.41, 5.74) is -0.803. The highest BCUT2D eigenvalue weighted by Crippen LogP contribution is 2.35. The molecule has 0 heterocycles. The average Bonchev–Trinajstić information content (AvgIpc) is 2.19. The number of halogens is 4. The highest BCUT2D eigenvalue weighted by Gasteiger charge is 2.34. The van der Waals surface area contributed by atoms with Crippen LogP contribution in [0.2, 0.25) is 5.02 Å². The topological polar surface area (TPSA) is 12.0 Å². The van der Waals surface area contributed by atoms with Gasteiger partial charge in [0.2, 0.25) is 0 Å². The van der Waals surface area contributed by atoms with Crippen molar-refractivity contribution in [2.75, 3.05) is 7.05 Å². The first-order valence-corrected chi connectivity index (χ1v) is 5.58. The van der Waals surface area contributed by atoms with Crippen molar-refractivity contribution >= 4 is 11.6 Å². The minimum Gasteiger partial charge on any atom is -0.314 e. The molecule has 0 fully saturated rings. The summed E-state index contributed by atoms with van der Waals surface area (Å²) in [6.07, 6.45) is -4.08. The van der Waals surface area contributed by atoms with E-state index in [4.69, 9.17) is 11.6 Å². The Morgan fingerprint density at radius 3 is 2.29 bits per heavy atom. The van der Waals surface area contributed by atoms with Gasteiger partial charge in [-0.05, 0) is 45.0 Å². The van der Waals surface area contributed by atoms with Crippen LogP contribution in [0.3, 0.4) is 0 Å². The van der Waals surface area contributed by atoms with Crippen LogP contribution in [0.1, 0.15) is 25.0 Å². The van der Waals surface area contributed by atoms with Gasteiger partial charge in [-0.2, -0.15) is 13.2 Å². The molecule has 0 spiro atoms. The molecule has 0 saturated heterocycles. The number of benzene rings is 1. The number of nitrogens with one attached hydrogen (secondary N) is 1. The van der Waals surface area contributed by atoms with Crippen LogP contribution in [0.25, 0.3) is 0 Å². The molecular formula is C12H15ClF3N. The number of rotatable bonds is 3. The zero-order chi connectivity index (χ0) is 13.3. The van der Waals surface area contributed by atoms with Crippen molar-refractivity contribution in [2.45, 2.75) is 32.0 Å². The second kappa shape index (κ2) is 4.86. The number of alkyl halides is 3. The van der Waals surface area contributed by atoms with Crippen LogP contribution in [0.5, 0.6) is 0 Å². The lowest BCUT2D eigenvalue weighted by atomic mass is 9.92. The Bertz CT molecular complexity index is 399. The van der Waals surface area contributed by atoms with Gasteiger partial charge in [-0.1, -0.05) is 17.7 Å². The van der Waals surface area contributed by atoms with E-state index in [0.29, 0.717) is 0 Å². The van der Waals surface area contributed by atoms with Gasteiger partial charge in [0.1, 0.15) is 0 Å². The second-order valence-electron chi connectivity index (χ2n) is 4.61. The lowest BCUT2D eigenvalue weighted by molar-refractivity contribution is -0.138. The van der Waals surface area contributed by atoms with E-state index >= 15 is 0 Å². The van der Waals surface area contributed by atoms with Crippen LogP contribution in [0, 0.1) is 0 Å². The molecule has 1 rings (SSSR count). The van der Waals surface area contributed by atoms with Gasteiger partial charge in [0.25, 0.3) is 0 Å². The fourth-order valence-electron chi connectivity index (χ4n) is 1.53. The van der Waals surface area contributed by atoms with E-state index < -0.39 is 17.3 Å². The first-order chi connectivity index (χ1) is 7.65. The SMILES string of the molecule is CNC(C)(C)Cc1ccc(Cl)cc1C(F)(F)F. The van der Waals surface area contributed by atoms with Crippen molar-refractivity contribution in [1.82, 2.24) is 5.32 Å². The Hall–Kier alpha value is -0.740. The van der Waals surface area contributed by atoms with Gasteiger partial charge < -0.3 is 5.32 Å². The molecule has 0 unspecified atom stereocenters. The van der Waals surface area contributed by atoms with Gasteiger partial charge in [0.05, 0.1) is 5.56 Å². The maximum atomic E-state index is 12.8. The summed E-state index contributed by atoms with van der Waals surface area (Å²) in [5.74, 6) is 0. The normalized spacial score (nSPS) is 12.9. The smallest absolute Gasteiger partial charge is 0.314 e. The monoisotopic (exact) mass is 265 g/mol. The van der Waals surface area contributed by atoms with Gasteiger partial charge in [-0.15, -0.1) is 0 Å². The maximum absolute atomic E-state index is 12.8. The molecule has 1 nitrogen and oxygen atoms in total. The van der Waals surface area contributed by atoms with E-state index in [1.807, 2.05) is 13.8 Å². The largest absolute Gasteiger partial charge is 0.416 e. The molecule has 0 radical (unpaired) electrons. The van der Waals surface area contributed by atoms with Crippen molar-refractivity contribution in [1.29, 1.82) is 0 Å². The third-order valence-electron chi connectivity index (χ3n) is 2.69. The Labute approximate surface area is 104 Å². The molecule has 1 aromatic rings. The molecule has 1 aromatic carbocycles. The molecule has 0 saturated carbocycles. The fourth-order valence-corrected chi connectivity index (χ4v) is 1.70. The van der Waals surface area contributed by atoms with Crippen LogP contribution in [0.15, 0.2) is 18.2 Å². The number of hydrogen-bond donors (Lipinski definition) is 1. The summed E-state index contributed by atoms with van der Waals surface area (Å²) < 4.78 is 38.5. The van der Waals surface area contributed by atoms with Gasteiger partial charge in [0.15, 0.2) is 0 Å². The summed E-state index contributed by atoms with van der Waals surface area (Å²) in [6, 6.07) is 3.89. The van der Waals surface area contributed by atoms with Gasteiger partial charge >= 0.3 is 6.18 Å². The molecule has 0 amide bonds. The molecule has 0 bridgehead atoms. The fraction of sp³-hybridized carbons (Fsp3) is 0.500. The predicted octanol–water partition coefficient (Wildman–Crippen LogP) is 3.90. The van der Waals surface area contributed by atoms with E-state index in [0.717, 1.165) is 6.07 Å². The zero-order valence-corrected chi connectivity index (χ0v) is 10.7. The molecule has 0 aromatic heterocycles. The minimum absolute atomic E-state index is 0.100. The highest BCUT2D eigenvalue weighted by atomic mass is 35.5. The lowest BCUT2D eigenvalue weighted by Gasteiger charge is -2.26. The van der Waals surface area contributed by atoms with Crippen molar-refractivity contribution in [3.8, 4) is 0 Å². The molecule has 0 aliphatic carbocycles. The van der Waals surface area contributed by atoms with Crippen molar-refractivity contribution in [3.05, 3.63) is 34.3 Å². The number of likely N-dealkylation sites (N-methyl/N-ethyl adjacent to an activating group) is 1. The van der Waals surface area contributed by atoms with Crippen molar-refractivity contribution in [2.24, 2.45) is 0 Å². The Morgan fingerprint density at radius 1 is 1.24 bits per heavy atom. The molecule has 17 heavy (non-hydrogen) atoms. The molecule has 0 atom stereocenters. The quantitative estimate of drug-likeness (QED) is 0.874. The van der Waals surface area contributed by atoms with Gasteiger partial charge in [0, 0.05) is 10.6 Å². The Morgan fingerprint density at radius 2 is 1.82 bits per heavy atom. The van der Waals surface area contributed by atoms with Gasteiger partial charge in [-0.3, -0.25) is 0 Å². The summed E-state index contributed by atoms with van der Waals surface area (Å²) >= 11 is 5.61. The van der Waals surface area contributed by atoms with E-state index in [-0.39, 0.29) is 17.0 Å². The highest BCUT2D eigenvalue weighted by molar-refractivity contribution is 6.30. The van der Waals surface area contributed by atoms with Crippen LogP contribution in [-0.4, -0.2) is 12.6 Å². The minimum atomic E-state index is -4.37. The van der Waals surface area contributed by atoms with Gasteiger partial charge in [-0.25, -0.2) is 0 Å². The zero-order valence-electron chi connectivity index (χ0n) is 9.95. The number of hydrogen-bond acceptors (Lipinski definition) is 1. The van der Waals surface area contributed by atoms with Crippen molar-refractivity contribution < 1.29 is 13.2 Å². The predicted molar refractivity (Wildman–Crippen MR) is 63.3 cm³/mol. The molecule has 1 N–H and O–H groups in total. The van der Waals surface area contributed by atoms with E-state index in [2.05, 4.69) is 5.32 Å². The Kier molecular flexibility index (Phi) is 4.10. The lowest BCUT2D eigenvalue weighted by Crippen LogP contribution is -2.38. The van der Waals surface area contributed by atoms with Crippen LogP contribution < -0.4 is 5.32 Å². The van der Waals surface area contributed by atoms with E-state index in [1.165, 1.54) is 12.1 Å². The third-order valence-corrected chi connectivity index (χ3v) is 2.92. The van der Waals surface area contributed by atoms with E-state index in [1.54, 1.807) is 7.05 Å². The molecule has 0 aliphatic rings. The molecule has 5 heteroatoms. The van der Waals surface area contributed by atoms with Crippen molar-refractivity contribution in [3.63, 3.8) is 0 Å². The maximum Gasteiger partial charge on any atom is 0.416 e. The summed E-state index contributed by atoms with van der Waals surface area (Å²) in [7, 11) is 1.73. The Balaban J connectivity index is 3.16. The average molecular weight is 266 g/mol. The molecule has 0 aliphatic heterocycles. The first-order valence-electron chi connectivity index (χ1n) is 5.20. The first kappa shape index (κ1) is 14.3. The molecular weight excluding hydrogens is 251 g/mol. The summed E-state index contributed by atoms with van der Waals surface area (Å²) in [6.45, 7) is 3.70. The molecule has 96 valence electrons. The van der Waals surface area contributed by atoms with Crippen LogP contribution >= 0.6 is 11.6 Å². The van der Waals surface area contributed by atoms with E-state index in [9.17, 15) is 13.2 Å². The van der Waals surface area contributed by atoms with Crippen LogP contribution in [-0.2, 0) is 12.6 Å². The second-order valence-corrected chi connectivity index (χ2v) is 5.05. The summed E-state index contributed by atoms with van der Waals surface area (Å²) in [5, 5.41) is 3.08. The standard InChI is InChI=1S/C12H15ClF3N/c1-11(2,17-3)7-8-4-5-9(13)6-10(8)12(14,15)16/h4-6,17H,7H2,1-3H3. The van der Waals surface area contributed by atoms with Crippen LogP contribution in [0.4, 0.5) is 13.2 Å². The third kappa shape index (κ3) is 3.89.